The van der Waals surface area contributed by atoms with Crippen LogP contribution in [0.4, 0.5) is 0 Å². The standard InChI is InChI=1S/C14H28N2O3/c1-3-11(2)13(15)14(17)16-7-4-8-19-12-5-9-18-10-6-12/h11-13H,3-10,15H2,1-2H3,(H,16,17). The maximum absolute atomic E-state index is 11.7. The van der Waals surface area contributed by atoms with E-state index in [1.165, 1.54) is 0 Å². The molecular formula is C14H28N2O3. The van der Waals surface area contributed by atoms with Crippen LogP contribution in [0.25, 0.3) is 0 Å². The van der Waals surface area contributed by atoms with Crippen LogP contribution in [0.15, 0.2) is 0 Å². The highest BCUT2D eigenvalue weighted by atomic mass is 16.5. The maximum atomic E-state index is 11.7. The Morgan fingerprint density at radius 1 is 1.47 bits per heavy atom. The van der Waals surface area contributed by atoms with Crippen molar-refractivity contribution >= 4 is 5.91 Å². The molecule has 1 aliphatic heterocycles. The Labute approximate surface area is 116 Å². The molecule has 1 fully saturated rings. The van der Waals surface area contributed by atoms with Crippen LogP contribution < -0.4 is 11.1 Å². The van der Waals surface area contributed by atoms with Crippen molar-refractivity contribution in [3.63, 3.8) is 0 Å². The van der Waals surface area contributed by atoms with E-state index in [1.54, 1.807) is 0 Å². The van der Waals surface area contributed by atoms with Gasteiger partial charge in [-0.15, -0.1) is 0 Å². The first-order valence-corrected chi connectivity index (χ1v) is 7.37. The van der Waals surface area contributed by atoms with Gasteiger partial charge in [-0.05, 0) is 25.2 Å². The Hall–Kier alpha value is -0.650. The molecule has 5 heteroatoms. The smallest absolute Gasteiger partial charge is 0.237 e. The predicted molar refractivity (Wildman–Crippen MR) is 74.9 cm³/mol. The first-order chi connectivity index (χ1) is 9.15. The van der Waals surface area contributed by atoms with Gasteiger partial charge in [0.05, 0.1) is 12.1 Å². The average Bonchev–Trinajstić information content (AvgIpc) is 2.46. The highest BCUT2D eigenvalue weighted by molar-refractivity contribution is 5.81. The van der Waals surface area contributed by atoms with E-state index in [-0.39, 0.29) is 11.8 Å². The first kappa shape index (κ1) is 16.4. The number of carbonyl (C=O) groups excluding carboxylic acids is 1. The minimum absolute atomic E-state index is 0.0552. The largest absolute Gasteiger partial charge is 0.381 e. The Balaban J connectivity index is 2.02. The van der Waals surface area contributed by atoms with Gasteiger partial charge >= 0.3 is 0 Å². The molecule has 0 radical (unpaired) electrons. The normalized spacial score (nSPS) is 19.9. The van der Waals surface area contributed by atoms with Crippen LogP contribution >= 0.6 is 0 Å². The summed E-state index contributed by atoms with van der Waals surface area (Å²) in [6.07, 6.45) is 4.03. The summed E-state index contributed by atoms with van der Waals surface area (Å²) in [5.74, 6) is 0.166. The molecule has 2 atom stereocenters. The summed E-state index contributed by atoms with van der Waals surface area (Å²) in [7, 11) is 0. The van der Waals surface area contributed by atoms with Crippen LogP contribution in [-0.2, 0) is 14.3 Å². The number of ether oxygens (including phenoxy) is 2. The highest BCUT2D eigenvalue weighted by Gasteiger charge is 2.18. The molecule has 2 unspecified atom stereocenters. The zero-order valence-corrected chi connectivity index (χ0v) is 12.2. The van der Waals surface area contributed by atoms with E-state index < -0.39 is 6.04 Å². The van der Waals surface area contributed by atoms with Gasteiger partial charge in [-0.25, -0.2) is 0 Å². The molecule has 1 saturated heterocycles. The zero-order valence-electron chi connectivity index (χ0n) is 12.2. The third kappa shape index (κ3) is 6.36. The third-order valence-electron chi connectivity index (χ3n) is 3.70. The molecule has 1 amide bonds. The van der Waals surface area contributed by atoms with E-state index in [0.717, 1.165) is 38.9 Å². The van der Waals surface area contributed by atoms with Crippen molar-refractivity contribution in [2.24, 2.45) is 11.7 Å². The van der Waals surface area contributed by atoms with E-state index in [4.69, 9.17) is 15.2 Å². The molecule has 0 saturated carbocycles. The molecule has 5 nitrogen and oxygen atoms in total. The van der Waals surface area contributed by atoms with Gasteiger partial charge < -0.3 is 20.5 Å². The van der Waals surface area contributed by atoms with Crippen molar-refractivity contribution in [1.82, 2.24) is 5.32 Å². The number of hydrogen-bond donors (Lipinski definition) is 2. The van der Waals surface area contributed by atoms with Gasteiger partial charge in [0.15, 0.2) is 0 Å². The molecule has 0 bridgehead atoms. The molecule has 3 N–H and O–H groups in total. The van der Waals surface area contributed by atoms with Gasteiger partial charge in [0.25, 0.3) is 0 Å². The lowest BCUT2D eigenvalue weighted by atomic mass is 9.99. The van der Waals surface area contributed by atoms with Crippen LogP contribution in [0.5, 0.6) is 0 Å². The van der Waals surface area contributed by atoms with Crippen molar-refractivity contribution in [1.29, 1.82) is 0 Å². The van der Waals surface area contributed by atoms with Crippen LogP contribution in [0.2, 0.25) is 0 Å². The monoisotopic (exact) mass is 272 g/mol. The number of hydrogen-bond acceptors (Lipinski definition) is 4. The molecule has 0 aromatic rings. The number of nitrogens with two attached hydrogens (primary N) is 1. The fourth-order valence-electron chi connectivity index (χ4n) is 2.01. The van der Waals surface area contributed by atoms with Crippen molar-refractivity contribution < 1.29 is 14.3 Å². The Morgan fingerprint density at radius 2 is 2.16 bits per heavy atom. The SMILES string of the molecule is CCC(C)C(N)C(=O)NCCCOC1CCOCC1. The lowest BCUT2D eigenvalue weighted by Gasteiger charge is -2.22. The fourth-order valence-corrected chi connectivity index (χ4v) is 2.01. The van der Waals surface area contributed by atoms with Gasteiger partial charge in [0, 0.05) is 26.4 Å². The van der Waals surface area contributed by atoms with Crippen LogP contribution in [0.1, 0.15) is 39.5 Å². The topological polar surface area (TPSA) is 73.6 Å². The average molecular weight is 272 g/mol. The van der Waals surface area contributed by atoms with E-state index in [2.05, 4.69) is 5.32 Å². The summed E-state index contributed by atoms with van der Waals surface area (Å²) in [4.78, 5) is 11.7. The molecule has 19 heavy (non-hydrogen) atoms. The van der Waals surface area contributed by atoms with Crippen LogP contribution in [-0.4, -0.2) is 44.4 Å². The second-order valence-corrected chi connectivity index (χ2v) is 5.24. The van der Waals surface area contributed by atoms with Crippen LogP contribution in [0.3, 0.4) is 0 Å². The number of amides is 1. The first-order valence-electron chi connectivity index (χ1n) is 7.37. The lowest BCUT2D eigenvalue weighted by molar-refractivity contribution is -0.123. The molecule has 0 aromatic heterocycles. The maximum Gasteiger partial charge on any atom is 0.237 e. The number of carbonyl (C=O) groups is 1. The van der Waals surface area contributed by atoms with E-state index >= 15 is 0 Å². The highest BCUT2D eigenvalue weighted by Crippen LogP contribution is 2.10. The van der Waals surface area contributed by atoms with E-state index in [0.29, 0.717) is 19.3 Å². The Kier molecular flexibility index (Phi) is 8.02. The lowest BCUT2D eigenvalue weighted by Crippen LogP contribution is -2.45. The molecule has 1 rings (SSSR count). The van der Waals surface area contributed by atoms with Gasteiger partial charge in [0.1, 0.15) is 0 Å². The molecule has 1 heterocycles. The second-order valence-electron chi connectivity index (χ2n) is 5.24. The van der Waals surface area contributed by atoms with Crippen molar-refractivity contribution in [3.8, 4) is 0 Å². The summed E-state index contributed by atoms with van der Waals surface area (Å²) in [5, 5.41) is 2.87. The Morgan fingerprint density at radius 3 is 2.79 bits per heavy atom. The minimum atomic E-state index is -0.401. The summed E-state index contributed by atoms with van der Waals surface area (Å²) in [6, 6.07) is -0.401. The van der Waals surface area contributed by atoms with Crippen molar-refractivity contribution in [2.45, 2.75) is 51.7 Å². The second kappa shape index (κ2) is 9.28. The zero-order chi connectivity index (χ0) is 14.1. The summed E-state index contributed by atoms with van der Waals surface area (Å²) in [6.45, 7) is 6.95. The fraction of sp³-hybridized carbons (Fsp3) is 0.929. The molecule has 112 valence electrons. The quantitative estimate of drug-likeness (QED) is 0.648. The van der Waals surface area contributed by atoms with Gasteiger partial charge in [-0.1, -0.05) is 20.3 Å². The van der Waals surface area contributed by atoms with E-state index in [9.17, 15) is 4.79 Å². The molecule has 0 spiro atoms. The summed E-state index contributed by atoms with van der Waals surface area (Å²) in [5.41, 5.74) is 5.85. The molecule has 0 aromatic carbocycles. The van der Waals surface area contributed by atoms with Crippen molar-refractivity contribution in [2.75, 3.05) is 26.4 Å². The van der Waals surface area contributed by atoms with Crippen molar-refractivity contribution in [3.05, 3.63) is 0 Å². The molecular weight excluding hydrogens is 244 g/mol. The number of nitrogens with one attached hydrogen (secondary N) is 1. The predicted octanol–water partition coefficient (Wildman–Crippen LogP) is 1.06. The van der Waals surface area contributed by atoms with Gasteiger partial charge in [0.2, 0.25) is 5.91 Å². The number of rotatable bonds is 8. The molecule has 1 aliphatic rings. The van der Waals surface area contributed by atoms with Gasteiger partial charge in [-0.2, -0.15) is 0 Å². The summed E-state index contributed by atoms with van der Waals surface area (Å²) >= 11 is 0. The van der Waals surface area contributed by atoms with Crippen LogP contribution in [0, 0.1) is 5.92 Å². The Bertz CT molecular complexity index is 255. The van der Waals surface area contributed by atoms with Gasteiger partial charge in [-0.3, -0.25) is 4.79 Å². The molecule has 0 aliphatic carbocycles. The summed E-state index contributed by atoms with van der Waals surface area (Å²) < 4.78 is 11.0. The minimum Gasteiger partial charge on any atom is -0.381 e. The third-order valence-corrected chi connectivity index (χ3v) is 3.70. The van der Waals surface area contributed by atoms with E-state index in [1.807, 2.05) is 13.8 Å².